The van der Waals surface area contributed by atoms with E-state index in [9.17, 15) is 4.79 Å². The number of fused-ring (bicyclic) bond motifs is 1. The summed E-state index contributed by atoms with van der Waals surface area (Å²) in [6, 6.07) is 23.3. The van der Waals surface area contributed by atoms with Gasteiger partial charge in [0, 0.05) is 17.5 Å². The zero-order valence-corrected chi connectivity index (χ0v) is 16.4. The Balaban J connectivity index is 1.41. The van der Waals surface area contributed by atoms with E-state index in [1.165, 1.54) is 0 Å². The van der Waals surface area contributed by atoms with Crippen LogP contribution in [0.5, 0.6) is 5.75 Å². The first-order valence-corrected chi connectivity index (χ1v) is 9.72. The van der Waals surface area contributed by atoms with Crippen molar-refractivity contribution < 1.29 is 9.53 Å². The minimum atomic E-state index is -0.246. The summed E-state index contributed by atoms with van der Waals surface area (Å²) in [6.45, 7) is 0.386. The predicted octanol–water partition coefficient (Wildman–Crippen LogP) is 5.39. The van der Waals surface area contributed by atoms with E-state index >= 15 is 0 Å². The maximum Gasteiger partial charge on any atom is 0.130 e. The van der Waals surface area contributed by atoms with Gasteiger partial charge in [0.2, 0.25) is 0 Å². The van der Waals surface area contributed by atoms with E-state index in [0.29, 0.717) is 18.2 Å². The molecule has 0 bridgehead atoms. The van der Waals surface area contributed by atoms with E-state index in [4.69, 9.17) is 16.3 Å². The van der Waals surface area contributed by atoms with Crippen LogP contribution in [0.2, 0.25) is 5.15 Å². The van der Waals surface area contributed by atoms with E-state index in [0.717, 1.165) is 39.8 Å². The lowest BCUT2D eigenvalue weighted by Gasteiger charge is -2.12. The van der Waals surface area contributed by atoms with E-state index in [-0.39, 0.29) is 5.92 Å². The van der Waals surface area contributed by atoms with Crippen LogP contribution < -0.4 is 4.74 Å². The molecule has 0 spiro atoms. The second-order valence-electron chi connectivity index (χ2n) is 6.79. The quantitative estimate of drug-likeness (QED) is 0.307. The highest BCUT2D eigenvalue weighted by Crippen LogP contribution is 2.23. The average Bonchev–Trinajstić information content (AvgIpc) is 2.76. The number of aldehydes is 1. The van der Waals surface area contributed by atoms with Gasteiger partial charge >= 0.3 is 0 Å². The maximum atomic E-state index is 11.6. The van der Waals surface area contributed by atoms with Crippen LogP contribution in [0.3, 0.4) is 0 Å². The Hall–Kier alpha value is -3.24. The molecule has 0 amide bonds. The number of nitrogens with zero attached hydrogens (tertiary/aromatic N) is 2. The molecule has 5 heteroatoms. The Morgan fingerprint density at radius 3 is 2.62 bits per heavy atom. The standard InChI is InChI=1S/C24H19ClN2O2/c25-24-14-17(11-12-26-24)13-20(15-28)18-6-9-22(10-7-18)29-16-21-8-5-19-3-1-2-4-23(19)27-21/h1-12,14-15,20H,13,16H2. The van der Waals surface area contributed by atoms with Crippen molar-refractivity contribution >= 4 is 28.8 Å². The Morgan fingerprint density at radius 1 is 1.00 bits per heavy atom. The predicted molar refractivity (Wildman–Crippen MR) is 114 cm³/mol. The molecule has 0 radical (unpaired) electrons. The molecule has 0 aliphatic heterocycles. The van der Waals surface area contributed by atoms with Crippen molar-refractivity contribution in [2.75, 3.05) is 0 Å². The summed E-state index contributed by atoms with van der Waals surface area (Å²) in [5.74, 6) is 0.491. The molecule has 1 unspecified atom stereocenters. The summed E-state index contributed by atoms with van der Waals surface area (Å²) in [5.41, 5.74) is 3.73. The van der Waals surface area contributed by atoms with E-state index in [1.807, 2.05) is 66.7 Å². The molecule has 4 aromatic rings. The lowest BCUT2D eigenvalue weighted by atomic mass is 9.94. The zero-order chi connectivity index (χ0) is 20.1. The fraction of sp³-hybridized carbons (Fsp3) is 0.125. The Kier molecular flexibility index (Phi) is 5.82. The number of pyridine rings is 2. The van der Waals surface area contributed by atoms with Crippen molar-refractivity contribution in [2.24, 2.45) is 0 Å². The number of ether oxygens (including phenoxy) is 1. The minimum absolute atomic E-state index is 0.246. The van der Waals surface area contributed by atoms with E-state index < -0.39 is 0 Å². The number of aromatic nitrogens is 2. The summed E-state index contributed by atoms with van der Waals surface area (Å²) in [4.78, 5) is 20.2. The van der Waals surface area contributed by atoms with Crippen molar-refractivity contribution in [3.05, 3.63) is 101 Å². The highest BCUT2D eigenvalue weighted by molar-refractivity contribution is 6.29. The lowest BCUT2D eigenvalue weighted by molar-refractivity contribution is -0.109. The monoisotopic (exact) mass is 402 g/mol. The molecule has 2 heterocycles. The third-order valence-corrected chi connectivity index (χ3v) is 4.97. The second kappa shape index (κ2) is 8.84. The molecule has 4 rings (SSSR count). The first-order valence-electron chi connectivity index (χ1n) is 9.34. The fourth-order valence-corrected chi connectivity index (χ4v) is 3.42. The molecular formula is C24H19ClN2O2. The van der Waals surface area contributed by atoms with Crippen LogP contribution in [0.15, 0.2) is 79.0 Å². The highest BCUT2D eigenvalue weighted by atomic mass is 35.5. The van der Waals surface area contributed by atoms with Gasteiger partial charge in [-0.2, -0.15) is 0 Å². The smallest absolute Gasteiger partial charge is 0.130 e. The van der Waals surface area contributed by atoms with Crippen LogP contribution >= 0.6 is 11.6 Å². The van der Waals surface area contributed by atoms with Gasteiger partial charge in [-0.25, -0.2) is 9.97 Å². The third kappa shape index (κ3) is 4.79. The van der Waals surface area contributed by atoms with Gasteiger partial charge in [-0.1, -0.05) is 48.0 Å². The normalized spacial score (nSPS) is 11.9. The van der Waals surface area contributed by atoms with Crippen LogP contribution in [0, 0.1) is 0 Å². The molecule has 2 aromatic carbocycles. The number of hydrogen-bond donors (Lipinski definition) is 0. The van der Waals surface area contributed by atoms with Crippen LogP contribution in [0.25, 0.3) is 10.9 Å². The first-order chi connectivity index (χ1) is 14.2. The largest absolute Gasteiger partial charge is 0.487 e. The average molecular weight is 403 g/mol. The molecule has 1 atom stereocenters. The molecular weight excluding hydrogens is 384 g/mol. The van der Waals surface area contributed by atoms with Crippen LogP contribution in [-0.4, -0.2) is 16.3 Å². The maximum absolute atomic E-state index is 11.6. The Morgan fingerprint density at radius 2 is 1.83 bits per heavy atom. The number of rotatable bonds is 7. The number of benzene rings is 2. The summed E-state index contributed by atoms with van der Waals surface area (Å²) >= 11 is 5.93. The molecule has 0 saturated carbocycles. The van der Waals surface area contributed by atoms with Gasteiger partial charge in [-0.05, 0) is 53.9 Å². The summed E-state index contributed by atoms with van der Waals surface area (Å²) < 4.78 is 5.87. The van der Waals surface area contributed by atoms with Gasteiger partial charge in [-0.3, -0.25) is 0 Å². The van der Waals surface area contributed by atoms with Crippen LogP contribution in [0.4, 0.5) is 0 Å². The van der Waals surface area contributed by atoms with Gasteiger partial charge in [0.05, 0.1) is 11.2 Å². The van der Waals surface area contributed by atoms with Crippen molar-refractivity contribution in [1.29, 1.82) is 0 Å². The summed E-state index contributed by atoms with van der Waals surface area (Å²) in [6.07, 6.45) is 3.19. The fourth-order valence-electron chi connectivity index (χ4n) is 3.23. The van der Waals surface area contributed by atoms with Gasteiger partial charge in [0.15, 0.2) is 0 Å². The minimum Gasteiger partial charge on any atom is -0.487 e. The van der Waals surface area contributed by atoms with E-state index in [2.05, 4.69) is 9.97 Å². The number of hydrogen-bond acceptors (Lipinski definition) is 4. The Labute approximate surface area is 174 Å². The van der Waals surface area contributed by atoms with Gasteiger partial charge in [0.25, 0.3) is 0 Å². The van der Waals surface area contributed by atoms with Gasteiger partial charge < -0.3 is 9.53 Å². The summed E-state index contributed by atoms with van der Waals surface area (Å²) in [5, 5.41) is 1.54. The molecule has 4 nitrogen and oxygen atoms in total. The first kappa shape index (κ1) is 19.1. The highest BCUT2D eigenvalue weighted by Gasteiger charge is 2.12. The molecule has 29 heavy (non-hydrogen) atoms. The summed E-state index contributed by atoms with van der Waals surface area (Å²) in [7, 11) is 0. The third-order valence-electron chi connectivity index (χ3n) is 4.76. The zero-order valence-electron chi connectivity index (χ0n) is 15.7. The molecule has 0 N–H and O–H groups in total. The molecule has 0 fully saturated rings. The number of para-hydroxylation sites is 1. The molecule has 0 aliphatic rings. The topological polar surface area (TPSA) is 52.1 Å². The van der Waals surface area contributed by atoms with Gasteiger partial charge in [-0.15, -0.1) is 0 Å². The SMILES string of the molecule is O=CC(Cc1ccnc(Cl)c1)c1ccc(OCc2ccc3ccccc3n2)cc1. The number of carbonyl (C=O) groups is 1. The van der Waals surface area contributed by atoms with Gasteiger partial charge in [0.1, 0.15) is 23.8 Å². The molecule has 0 aliphatic carbocycles. The van der Waals surface area contributed by atoms with Crippen LogP contribution in [-0.2, 0) is 17.8 Å². The lowest BCUT2D eigenvalue weighted by Crippen LogP contribution is -2.05. The Bertz CT molecular complexity index is 1130. The number of carbonyl (C=O) groups excluding carboxylic acids is 1. The second-order valence-corrected chi connectivity index (χ2v) is 7.17. The van der Waals surface area contributed by atoms with Crippen molar-refractivity contribution in [1.82, 2.24) is 9.97 Å². The number of halogens is 1. The molecule has 0 saturated heterocycles. The molecule has 144 valence electrons. The molecule has 2 aromatic heterocycles. The van der Waals surface area contributed by atoms with Crippen molar-refractivity contribution in [3.8, 4) is 5.75 Å². The van der Waals surface area contributed by atoms with E-state index in [1.54, 1.807) is 12.3 Å². The van der Waals surface area contributed by atoms with Crippen molar-refractivity contribution in [2.45, 2.75) is 18.9 Å². The van der Waals surface area contributed by atoms with Crippen molar-refractivity contribution in [3.63, 3.8) is 0 Å². The van der Waals surface area contributed by atoms with Crippen LogP contribution in [0.1, 0.15) is 22.7 Å².